The van der Waals surface area contributed by atoms with Gasteiger partial charge in [0.2, 0.25) is 0 Å². The Kier molecular flexibility index (Phi) is 5.28. The molecule has 1 aromatic heterocycles. The van der Waals surface area contributed by atoms with Gasteiger partial charge in [-0.3, -0.25) is 0 Å². The molecule has 0 radical (unpaired) electrons. The van der Waals surface area contributed by atoms with E-state index in [-0.39, 0.29) is 5.82 Å². The lowest BCUT2D eigenvalue weighted by Crippen LogP contribution is -2.19. The van der Waals surface area contributed by atoms with Crippen LogP contribution in [-0.4, -0.2) is 19.1 Å². The first-order valence-corrected chi connectivity index (χ1v) is 7.23. The van der Waals surface area contributed by atoms with Gasteiger partial charge in [0.15, 0.2) is 0 Å². The highest BCUT2D eigenvalue weighted by Crippen LogP contribution is 2.18. The fraction of sp³-hybridized carbons (Fsp3) is 0.353. The van der Waals surface area contributed by atoms with Gasteiger partial charge in [-0.15, -0.1) is 0 Å². The number of pyridine rings is 1. The number of benzene rings is 1. The summed E-state index contributed by atoms with van der Waals surface area (Å²) in [6.07, 6.45) is 0.887. The summed E-state index contributed by atoms with van der Waals surface area (Å²) < 4.78 is 13.8. The molecule has 112 valence electrons. The highest BCUT2D eigenvalue weighted by atomic mass is 19.1. The number of halogens is 1. The van der Waals surface area contributed by atoms with E-state index in [2.05, 4.69) is 29.4 Å². The van der Waals surface area contributed by atoms with Crippen LogP contribution >= 0.6 is 0 Å². The van der Waals surface area contributed by atoms with E-state index < -0.39 is 0 Å². The van der Waals surface area contributed by atoms with Crippen molar-refractivity contribution in [3.8, 4) is 0 Å². The minimum absolute atomic E-state index is 0.175. The van der Waals surface area contributed by atoms with Crippen LogP contribution < -0.4 is 10.2 Å². The second-order valence-electron chi connectivity index (χ2n) is 5.16. The maximum atomic E-state index is 13.8. The Morgan fingerprint density at radius 3 is 2.67 bits per heavy atom. The number of nitrogens with one attached hydrogen (secondary N) is 1. The first kappa shape index (κ1) is 15.4. The lowest BCUT2D eigenvalue weighted by molar-refractivity contribution is 0.607. The van der Waals surface area contributed by atoms with Gasteiger partial charge in [-0.25, -0.2) is 9.37 Å². The van der Waals surface area contributed by atoms with Crippen LogP contribution in [0.15, 0.2) is 36.4 Å². The highest BCUT2D eigenvalue weighted by molar-refractivity contribution is 5.43. The van der Waals surface area contributed by atoms with Crippen LogP contribution in [0.5, 0.6) is 0 Å². The summed E-state index contributed by atoms with van der Waals surface area (Å²) >= 11 is 0. The van der Waals surface area contributed by atoms with E-state index in [0.717, 1.165) is 24.5 Å². The van der Waals surface area contributed by atoms with E-state index in [1.807, 2.05) is 31.1 Å². The van der Waals surface area contributed by atoms with E-state index in [1.54, 1.807) is 6.07 Å². The molecule has 1 aromatic carbocycles. The molecular weight excluding hydrogens is 265 g/mol. The number of rotatable bonds is 6. The molecule has 4 heteroatoms. The number of hydrogen-bond donors (Lipinski definition) is 1. The van der Waals surface area contributed by atoms with Crippen molar-refractivity contribution in [2.24, 2.45) is 0 Å². The third-order valence-electron chi connectivity index (χ3n) is 3.42. The summed E-state index contributed by atoms with van der Waals surface area (Å²) in [6, 6.07) is 11.0. The third kappa shape index (κ3) is 4.02. The summed E-state index contributed by atoms with van der Waals surface area (Å²) in [5, 5.41) is 3.15. The van der Waals surface area contributed by atoms with Gasteiger partial charge >= 0.3 is 0 Å². The van der Waals surface area contributed by atoms with Crippen molar-refractivity contribution in [2.45, 2.75) is 26.4 Å². The van der Waals surface area contributed by atoms with Gasteiger partial charge in [0.25, 0.3) is 0 Å². The number of aromatic nitrogens is 1. The first-order valence-electron chi connectivity index (χ1n) is 7.23. The first-order chi connectivity index (χ1) is 10.1. The third-order valence-corrected chi connectivity index (χ3v) is 3.42. The van der Waals surface area contributed by atoms with Crippen LogP contribution in [0.3, 0.4) is 0 Å². The largest absolute Gasteiger partial charge is 0.355 e. The monoisotopic (exact) mass is 287 g/mol. The summed E-state index contributed by atoms with van der Waals surface area (Å²) in [7, 11) is 3.87. The Hall–Kier alpha value is -1.94. The molecule has 0 saturated heterocycles. The van der Waals surface area contributed by atoms with Crippen LogP contribution in [-0.2, 0) is 19.5 Å². The number of hydrogen-bond acceptors (Lipinski definition) is 3. The second kappa shape index (κ2) is 7.18. The van der Waals surface area contributed by atoms with Crippen LogP contribution in [0, 0.1) is 5.82 Å². The van der Waals surface area contributed by atoms with E-state index >= 15 is 0 Å². The topological polar surface area (TPSA) is 28.2 Å². The predicted octanol–water partition coefficient (Wildman–Crippen LogP) is 3.14. The van der Waals surface area contributed by atoms with E-state index in [1.165, 1.54) is 11.6 Å². The second-order valence-corrected chi connectivity index (χ2v) is 5.16. The zero-order valence-electron chi connectivity index (χ0n) is 12.9. The van der Waals surface area contributed by atoms with Gasteiger partial charge in [0, 0.05) is 31.4 Å². The van der Waals surface area contributed by atoms with Gasteiger partial charge in [-0.1, -0.05) is 25.1 Å². The van der Waals surface area contributed by atoms with Gasteiger partial charge in [-0.2, -0.15) is 0 Å². The summed E-state index contributed by atoms with van der Waals surface area (Å²) in [5.74, 6) is 0.703. The molecular formula is C17H22FN3. The lowest BCUT2D eigenvalue weighted by Gasteiger charge is -2.20. The Morgan fingerprint density at radius 2 is 2.00 bits per heavy atom. The van der Waals surface area contributed by atoms with Crippen molar-refractivity contribution in [3.05, 3.63) is 59.0 Å². The molecule has 0 atom stereocenters. The highest BCUT2D eigenvalue weighted by Gasteiger charge is 2.09. The molecule has 1 heterocycles. The van der Waals surface area contributed by atoms with Gasteiger partial charge in [-0.05, 0) is 37.2 Å². The van der Waals surface area contributed by atoms with Gasteiger partial charge in [0.05, 0.1) is 0 Å². The summed E-state index contributed by atoms with van der Waals surface area (Å²) in [5.41, 5.74) is 2.93. The zero-order valence-corrected chi connectivity index (χ0v) is 12.9. The fourth-order valence-electron chi connectivity index (χ4n) is 2.28. The SMILES string of the molecule is CCc1cc(CNC)cc(N(C)Cc2ccccc2F)n1. The summed E-state index contributed by atoms with van der Waals surface area (Å²) in [6.45, 7) is 3.40. The molecule has 3 nitrogen and oxygen atoms in total. The maximum absolute atomic E-state index is 13.8. The van der Waals surface area contributed by atoms with Gasteiger partial charge < -0.3 is 10.2 Å². The summed E-state index contributed by atoms with van der Waals surface area (Å²) in [4.78, 5) is 6.62. The smallest absolute Gasteiger partial charge is 0.129 e. The molecule has 0 spiro atoms. The predicted molar refractivity (Wildman–Crippen MR) is 84.9 cm³/mol. The molecule has 1 N–H and O–H groups in total. The van der Waals surface area contributed by atoms with Crippen molar-refractivity contribution in [1.82, 2.24) is 10.3 Å². The molecule has 0 aliphatic rings. The van der Waals surface area contributed by atoms with Crippen LogP contribution in [0.2, 0.25) is 0 Å². The quantitative estimate of drug-likeness (QED) is 0.884. The fourth-order valence-corrected chi connectivity index (χ4v) is 2.28. The number of aryl methyl sites for hydroxylation is 1. The van der Waals surface area contributed by atoms with Gasteiger partial charge in [0.1, 0.15) is 11.6 Å². The lowest BCUT2D eigenvalue weighted by atomic mass is 10.1. The van der Waals surface area contributed by atoms with Crippen LogP contribution in [0.1, 0.15) is 23.7 Å². The van der Waals surface area contributed by atoms with Crippen LogP contribution in [0.25, 0.3) is 0 Å². The number of anilines is 1. The van der Waals surface area contributed by atoms with Crippen molar-refractivity contribution in [1.29, 1.82) is 0 Å². The number of nitrogens with zero attached hydrogens (tertiary/aromatic N) is 2. The Bertz CT molecular complexity index is 598. The zero-order chi connectivity index (χ0) is 15.2. The van der Waals surface area contributed by atoms with Crippen molar-refractivity contribution in [3.63, 3.8) is 0 Å². The van der Waals surface area contributed by atoms with Crippen molar-refractivity contribution in [2.75, 3.05) is 19.0 Å². The Morgan fingerprint density at radius 1 is 1.24 bits per heavy atom. The van der Waals surface area contributed by atoms with Crippen molar-refractivity contribution >= 4 is 5.82 Å². The average molecular weight is 287 g/mol. The standard InChI is InChI=1S/C17H22FN3/c1-4-15-9-13(11-19-2)10-17(20-15)21(3)12-14-7-5-6-8-16(14)18/h5-10,19H,4,11-12H2,1-3H3. The Labute approximate surface area is 125 Å². The minimum atomic E-state index is -0.175. The molecule has 2 aromatic rings. The molecule has 0 amide bonds. The molecule has 0 saturated carbocycles. The molecule has 0 bridgehead atoms. The molecule has 0 aliphatic carbocycles. The Balaban J connectivity index is 2.23. The van der Waals surface area contributed by atoms with E-state index in [0.29, 0.717) is 12.1 Å². The minimum Gasteiger partial charge on any atom is -0.355 e. The maximum Gasteiger partial charge on any atom is 0.129 e. The molecule has 21 heavy (non-hydrogen) atoms. The van der Waals surface area contributed by atoms with E-state index in [4.69, 9.17) is 0 Å². The molecule has 0 fully saturated rings. The van der Waals surface area contributed by atoms with E-state index in [9.17, 15) is 4.39 Å². The molecule has 0 unspecified atom stereocenters. The van der Waals surface area contributed by atoms with Crippen molar-refractivity contribution < 1.29 is 4.39 Å². The molecule has 2 rings (SSSR count). The molecule has 0 aliphatic heterocycles. The van der Waals surface area contributed by atoms with Crippen LogP contribution in [0.4, 0.5) is 10.2 Å². The average Bonchev–Trinajstić information content (AvgIpc) is 2.49. The normalized spacial score (nSPS) is 10.7.